The molecule has 0 aliphatic heterocycles. The van der Waals surface area contributed by atoms with E-state index in [4.69, 9.17) is 22.1 Å². The van der Waals surface area contributed by atoms with Gasteiger partial charge in [0.25, 0.3) is 0 Å². The van der Waals surface area contributed by atoms with Crippen LogP contribution in [0.4, 0.5) is 26.2 Å². The lowest BCUT2D eigenvalue weighted by Gasteiger charge is -2.14. The number of halogens is 3. The molecule has 6 nitrogen and oxygen atoms in total. The van der Waals surface area contributed by atoms with E-state index in [9.17, 15) is 8.78 Å². The molecule has 0 amide bonds. The summed E-state index contributed by atoms with van der Waals surface area (Å²) in [5, 5.41) is 3.19. The van der Waals surface area contributed by atoms with Gasteiger partial charge in [0.15, 0.2) is 0 Å². The summed E-state index contributed by atoms with van der Waals surface area (Å²) in [5.74, 6) is 1.07. The van der Waals surface area contributed by atoms with Gasteiger partial charge in [0.2, 0.25) is 5.95 Å². The molecule has 0 saturated carbocycles. The van der Waals surface area contributed by atoms with E-state index in [2.05, 4.69) is 20.0 Å². The van der Waals surface area contributed by atoms with Crippen LogP contribution in [0.25, 0.3) is 11.1 Å². The molecule has 0 bridgehead atoms. The quantitative estimate of drug-likeness (QED) is 0.590. The van der Waals surface area contributed by atoms with E-state index >= 15 is 0 Å². The molecule has 27 heavy (non-hydrogen) atoms. The monoisotopic (exact) mass is 392 g/mol. The molecule has 3 N–H and O–H groups in total. The number of aromatic nitrogens is 2. The number of hydrogen-bond acceptors (Lipinski definition) is 6. The van der Waals surface area contributed by atoms with Crippen molar-refractivity contribution < 1.29 is 18.3 Å². The molecule has 0 saturated heterocycles. The molecule has 2 aromatic carbocycles. The summed E-state index contributed by atoms with van der Waals surface area (Å²) in [6, 6.07) is 13.1. The molecule has 9 heteroatoms. The number of methoxy groups -OCH3 is 1. The van der Waals surface area contributed by atoms with Crippen LogP contribution in [-0.4, -0.2) is 23.7 Å². The fraction of sp³-hybridized carbons (Fsp3) is 0.111. The first kappa shape index (κ1) is 18.7. The Labute approximate surface area is 158 Å². The van der Waals surface area contributed by atoms with Crippen molar-refractivity contribution in [3.05, 3.63) is 53.7 Å². The van der Waals surface area contributed by atoms with Crippen molar-refractivity contribution in [1.82, 2.24) is 9.97 Å². The summed E-state index contributed by atoms with van der Waals surface area (Å²) in [5.41, 5.74) is 7.30. The largest absolute Gasteiger partial charge is 0.497 e. The molecular weight excluding hydrogens is 378 g/mol. The van der Waals surface area contributed by atoms with E-state index in [1.807, 2.05) is 0 Å². The van der Waals surface area contributed by atoms with E-state index < -0.39 is 6.61 Å². The molecule has 1 aromatic heterocycles. The van der Waals surface area contributed by atoms with Crippen LogP contribution in [0.2, 0.25) is 5.15 Å². The van der Waals surface area contributed by atoms with Gasteiger partial charge in [-0.3, -0.25) is 0 Å². The third kappa shape index (κ3) is 4.73. The fourth-order valence-corrected chi connectivity index (χ4v) is 2.64. The minimum absolute atomic E-state index is 0.0121. The zero-order chi connectivity index (χ0) is 19.4. The highest BCUT2D eigenvalue weighted by Gasteiger charge is 2.13. The average Bonchev–Trinajstić information content (AvgIpc) is 2.62. The Hall–Kier alpha value is -3.13. The lowest BCUT2D eigenvalue weighted by molar-refractivity contribution is -0.0494. The predicted octanol–water partition coefficient (Wildman–Crippen LogP) is 4.73. The first-order chi connectivity index (χ1) is 12.9. The van der Waals surface area contributed by atoms with Crippen molar-refractivity contribution in [3.8, 4) is 22.6 Å². The summed E-state index contributed by atoms with van der Waals surface area (Å²) in [4.78, 5) is 7.81. The molecule has 0 spiro atoms. The molecule has 140 valence electrons. The molecule has 1 heterocycles. The average molecular weight is 393 g/mol. The minimum Gasteiger partial charge on any atom is -0.497 e. The number of nitrogens with one attached hydrogen (secondary N) is 1. The van der Waals surface area contributed by atoms with Gasteiger partial charge in [-0.15, -0.1) is 0 Å². The Balaban J connectivity index is 1.98. The van der Waals surface area contributed by atoms with E-state index in [0.29, 0.717) is 28.4 Å². The van der Waals surface area contributed by atoms with Crippen LogP contribution in [0.1, 0.15) is 0 Å². The molecule has 0 unspecified atom stereocenters. The summed E-state index contributed by atoms with van der Waals surface area (Å²) < 4.78 is 35.3. The third-order valence-corrected chi connectivity index (χ3v) is 3.77. The summed E-state index contributed by atoms with van der Waals surface area (Å²) in [6.45, 7) is -2.94. The second-order valence-electron chi connectivity index (χ2n) is 5.38. The number of alkyl halides is 2. The number of nitrogens with two attached hydrogens (primary N) is 1. The SMILES string of the molecule is COc1ccc(-c2cc(Nc3cc(Cl)nc(N)n3)ccc2OC(F)F)cc1. The van der Waals surface area contributed by atoms with Gasteiger partial charge in [0.1, 0.15) is 22.5 Å². The number of benzene rings is 2. The number of rotatable bonds is 6. The van der Waals surface area contributed by atoms with Crippen molar-refractivity contribution in [3.63, 3.8) is 0 Å². The molecular formula is C18H15ClF2N4O2. The highest BCUT2D eigenvalue weighted by Crippen LogP contribution is 2.35. The van der Waals surface area contributed by atoms with Crippen LogP contribution >= 0.6 is 11.6 Å². The first-order valence-corrected chi connectivity index (χ1v) is 8.13. The second kappa shape index (κ2) is 8.05. The maximum absolute atomic E-state index is 12.8. The van der Waals surface area contributed by atoms with Gasteiger partial charge in [-0.1, -0.05) is 23.7 Å². The van der Waals surface area contributed by atoms with Crippen LogP contribution in [0.5, 0.6) is 11.5 Å². The van der Waals surface area contributed by atoms with Gasteiger partial charge >= 0.3 is 6.61 Å². The van der Waals surface area contributed by atoms with Gasteiger partial charge in [-0.05, 0) is 35.9 Å². The number of anilines is 3. The molecule has 3 rings (SSSR count). The topological polar surface area (TPSA) is 82.3 Å². The Morgan fingerprint density at radius 2 is 1.81 bits per heavy atom. The summed E-state index contributed by atoms with van der Waals surface area (Å²) in [7, 11) is 1.55. The normalized spacial score (nSPS) is 10.7. The maximum Gasteiger partial charge on any atom is 0.387 e. The lowest BCUT2D eigenvalue weighted by atomic mass is 10.0. The lowest BCUT2D eigenvalue weighted by Crippen LogP contribution is -2.04. The van der Waals surface area contributed by atoms with Crippen LogP contribution < -0.4 is 20.5 Å². The highest BCUT2D eigenvalue weighted by atomic mass is 35.5. The Bertz CT molecular complexity index is 919. The zero-order valence-corrected chi connectivity index (χ0v) is 14.9. The molecule has 0 fully saturated rings. The molecule has 3 aromatic rings. The highest BCUT2D eigenvalue weighted by molar-refractivity contribution is 6.29. The Morgan fingerprint density at radius 1 is 1.07 bits per heavy atom. The first-order valence-electron chi connectivity index (χ1n) is 7.75. The van der Waals surface area contributed by atoms with Crippen molar-refractivity contribution in [2.45, 2.75) is 6.61 Å². The van der Waals surface area contributed by atoms with Gasteiger partial charge < -0.3 is 20.5 Å². The third-order valence-electron chi connectivity index (χ3n) is 3.58. The van der Waals surface area contributed by atoms with E-state index in [1.165, 1.54) is 12.1 Å². The molecule has 0 atom stereocenters. The van der Waals surface area contributed by atoms with Gasteiger partial charge in [-0.2, -0.15) is 13.8 Å². The van der Waals surface area contributed by atoms with Crippen molar-refractivity contribution in [2.24, 2.45) is 0 Å². The Kier molecular flexibility index (Phi) is 5.56. The Morgan fingerprint density at radius 3 is 2.44 bits per heavy atom. The van der Waals surface area contributed by atoms with Crippen molar-refractivity contribution in [2.75, 3.05) is 18.2 Å². The smallest absolute Gasteiger partial charge is 0.387 e. The maximum atomic E-state index is 12.8. The van der Waals surface area contributed by atoms with Crippen LogP contribution in [0.15, 0.2) is 48.5 Å². The standard InChI is InChI=1S/C18H15ClF2N4O2/c1-26-12-5-2-10(3-6-12)13-8-11(4-7-14(13)27-17(20)21)23-16-9-15(19)24-18(22)25-16/h2-9,17H,1H3,(H3,22,23,24,25). The van der Waals surface area contributed by atoms with Crippen LogP contribution in [0.3, 0.4) is 0 Å². The van der Waals surface area contributed by atoms with Gasteiger partial charge in [-0.25, -0.2) is 4.98 Å². The van der Waals surface area contributed by atoms with Crippen molar-refractivity contribution in [1.29, 1.82) is 0 Å². The number of nitrogens with zero attached hydrogens (tertiary/aromatic N) is 2. The van der Waals surface area contributed by atoms with E-state index in [0.717, 1.165) is 0 Å². The van der Waals surface area contributed by atoms with Crippen LogP contribution in [0, 0.1) is 0 Å². The summed E-state index contributed by atoms with van der Waals surface area (Å²) in [6.07, 6.45) is 0. The zero-order valence-electron chi connectivity index (χ0n) is 14.1. The molecule has 0 aliphatic carbocycles. The fourth-order valence-electron chi connectivity index (χ4n) is 2.45. The number of nitrogen functional groups attached to an aromatic ring is 1. The van der Waals surface area contributed by atoms with Crippen LogP contribution in [-0.2, 0) is 0 Å². The van der Waals surface area contributed by atoms with E-state index in [1.54, 1.807) is 43.5 Å². The predicted molar refractivity (Wildman–Crippen MR) is 99.8 cm³/mol. The molecule has 0 radical (unpaired) electrons. The van der Waals surface area contributed by atoms with E-state index in [-0.39, 0.29) is 16.9 Å². The minimum atomic E-state index is -2.94. The second-order valence-corrected chi connectivity index (χ2v) is 5.76. The molecule has 0 aliphatic rings. The van der Waals surface area contributed by atoms with Gasteiger partial charge in [0, 0.05) is 17.3 Å². The van der Waals surface area contributed by atoms with Crippen molar-refractivity contribution >= 4 is 29.1 Å². The number of ether oxygens (including phenoxy) is 2. The number of hydrogen-bond donors (Lipinski definition) is 2. The summed E-state index contributed by atoms with van der Waals surface area (Å²) >= 11 is 5.87. The van der Waals surface area contributed by atoms with Gasteiger partial charge in [0.05, 0.1) is 7.11 Å².